The highest BCUT2D eigenvalue weighted by Crippen LogP contribution is 2.25. The van der Waals surface area contributed by atoms with Crippen molar-refractivity contribution in [3.05, 3.63) is 45.9 Å². The zero-order chi connectivity index (χ0) is 16.0. The van der Waals surface area contributed by atoms with E-state index in [1.54, 1.807) is 11.3 Å². The average molecular weight is 320 g/mol. The molecule has 0 saturated carbocycles. The number of nitrogens with zero attached hydrogens (tertiary/aromatic N) is 1. The lowest BCUT2D eigenvalue weighted by Crippen LogP contribution is -2.15. The highest BCUT2D eigenvalue weighted by atomic mass is 32.1. The second-order valence-corrected chi connectivity index (χ2v) is 7.04. The van der Waals surface area contributed by atoms with Gasteiger partial charge in [0.15, 0.2) is 0 Å². The Morgan fingerprint density at radius 1 is 1.23 bits per heavy atom. The molecule has 0 radical (unpaired) electrons. The number of aliphatic hydroxyl groups excluding tert-OH is 1. The number of aromatic nitrogens is 1. The molecule has 2 N–H and O–H groups in total. The van der Waals surface area contributed by atoms with Crippen LogP contribution in [0.2, 0.25) is 0 Å². The van der Waals surface area contributed by atoms with Gasteiger partial charge in [-0.05, 0) is 6.07 Å². The Kier molecular flexibility index (Phi) is 5.94. The second-order valence-electron chi connectivity index (χ2n) is 6.18. The van der Waals surface area contributed by atoms with Crippen molar-refractivity contribution in [2.45, 2.75) is 39.3 Å². The van der Waals surface area contributed by atoms with Gasteiger partial charge in [0.1, 0.15) is 12.4 Å². The Morgan fingerprint density at radius 2 is 2.00 bits per heavy atom. The van der Waals surface area contributed by atoms with Crippen molar-refractivity contribution in [3.63, 3.8) is 0 Å². The third-order valence-corrected chi connectivity index (χ3v) is 4.45. The molecular weight excluding hydrogens is 296 g/mol. The molecule has 0 aliphatic heterocycles. The summed E-state index contributed by atoms with van der Waals surface area (Å²) in [6.45, 7) is 8.33. The summed E-state index contributed by atoms with van der Waals surface area (Å²) in [5.74, 6) is 0.817. The number of benzene rings is 1. The summed E-state index contributed by atoms with van der Waals surface area (Å²) in [6.07, 6.45) is 0. The third kappa shape index (κ3) is 4.80. The Labute approximate surface area is 136 Å². The number of ether oxygens (including phenoxy) is 1. The highest BCUT2D eigenvalue weighted by Gasteiger charge is 2.17. The first-order valence-corrected chi connectivity index (χ1v) is 8.36. The first-order chi connectivity index (χ1) is 10.5. The molecular formula is C17H24N2O2S. The van der Waals surface area contributed by atoms with Gasteiger partial charge >= 0.3 is 0 Å². The minimum absolute atomic E-state index is 0.0240. The molecule has 1 heterocycles. The van der Waals surface area contributed by atoms with Crippen LogP contribution >= 0.6 is 11.3 Å². The monoisotopic (exact) mass is 320 g/mol. The largest absolute Gasteiger partial charge is 0.491 e. The topological polar surface area (TPSA) is 54.4 Å². The Hall–Kier alpha value is -1.43. The minimum atomic E-state index is 0.0240. The molecule has 2 aromatic rings. The zero-order valence-corrected chi connectivity index (χ0v) is 14.2. The predicted octanol–water partition coefficient (Wildman–Crippen LogP) is 3.10. The van der Waals surface area contributed by atoms with Crippen LogP contribution in [0.4, 0.5) is 0 Å². The maximum absolute atomic E-state index is 8.86. The molecule has 22 heavy (non-hydrogen) atoms. The first kappa shape index (κ1) is 16.9. The summed E-state index contributed by atoms with van der Waals surface area (Å²) >= 11 is 1.71. The third-order valence-electron chi connectivity index (χ3n) is 3.14. The van der Waals surface area contributed by atoms with E-state index in [2.05, 4.69) is 36.5 Å². The SMILES string of the molecule is CC(C)(C)c1nc(CNCc2ccccc2OCCO)cs1. The van der Waals surface area contributed by atoms with Crippen LogP contribution in [-0.2, 0) is 18.5 Å². The van der Waals surface area contributed by atoms with Crippen molar-refractivity contribution >= 4 is 11.3 Å². The lowest BCUT2D eigenvalue weighted by atomic mass is 9.98. The Balaban J connectivity index is 1.90. The number of thiazole rings is 1. The molecule has 1 aromatic heterocycles. The average Bonchev–Trinajstić information content (AvgIpc) is 2.95. The van der Waals surface area contributed by atoms with Crippen molar-refractivity contribution in [2.24, 2.45) is 0 Å². The van der Waals surface area contributed by atoms with E-state index in [4.69, 9.17) is 9.84 Å². The molecule has 5 heteroatoms. The number of hydrogen-bond donors (Lipinski definition) is 2. The molecule has 0 fully saturated rings. The van der Waals surface area contributed by atoms with E-state index in [1.807, 2.05) is 24.3 Å². The zero-order valence-electron chi connectivity index (χ0n) is 13.4. The van der Waals surface area contributed by atoms with Crippen LogP contribution in [0.25, 0.3) is 0 Å². The summed E-state index contributed by atoms with van der Waals surface area (Å²) in [6, 6.07) is 7.88. The fraction of sp³-hybridized carbons (Fsp3) is 0.471. The van der Waals surface area contributed by atoms with Gasteiger partial charge < -0.3 is 15.2 Å². The van der Waals surface area contributed by atoms with E-state index >= 15 is 0 Å². The summed E-state index contributed by atoms with van der Waals surface area (Å²) in [4.78, 5) is 4.68. The van der Waals surface area contributed by atoms with Crippen molar-refractivity contribution in [1.29, 1.82) is 0 Å². The molecule has 0 aliphatic rings. The fourth-order valence-electron chi connectivity index (χ4n) is 2.00. The molecule has 0 amide bonds. The molecule has 0 aliphatic carbocycles. The molecule has 0 saturated heterocycles. The van der Waals surface area contributed by atoms with E-state index < -0.39 is 0 Å². The van der Waals surface area contributed by atoms with Crippen molar-refractivity contribution in [3.8, 4) is 5.75 Å². The normalized spacial score (nSPS) is 11.6. The van der Waals surface area contributed by atoms with Crippen LogP contribution in [-0.4, -0.2) is 23.3 Å². The summed E-state index contributed by atoms with van der Waals surface area (Å²) in [5.41, 5.74) is 2.26. The highest BCUT2D eigenvalue weighted by molar-refractivity contribution is 7.09. The van der Waals surface area contributed by atoms with E-state index in [9.17, 15) is 0 Å². The van der Waals surface area contributed by atoms with Crippen LogP contribution in [0.5, 0.6) is 5.75 Å². The van der Waals surface area contributed by atoms with E-state index in [0.717, 1.165) is 28.6 Å². The number of nitrogens with one attached hydrogen (secondary N) is 1. The summed E-state index contributed by atoms with van der Waals surface area (Å²) in [7, 11) is 0. The van der Waals surface area contributed by atoms with Crippen LogP contribution in [0, 0.1) is 0 Å². The minimum Gasteiger partial charge on any atom is -0.491 e. The first-order valence-electron chi connectivity index (χ1n) is 7.48. The summed E-state index contributed by atoms with van der Waals surface area (Å²) < 4.78 is 5.53. The van der Waals surface area contributed by atoms with Gasteiger partial charge in [-0.1, -0.05) is 39.0 Å². The van der Waals surface area contributed by atoms with Gasteiger partial charge in [-0.2, -0.15) is 0 Å². The fourth-order valence-corrected chi connectivity index (χ4v) is 2.91. The number of para-hydroxylation sites is 1. The molecule has 0 atom stereocenters. The van der Waals surface area contributed by atoms with Crippen LogP contribution in [0.1, 0.15) is 37.0 Å². The Morgan fingerprint density at radius 3 is 2.68 bits per heavy atom. The Bertz CT molecular complexity index is 590. The molecule has 0 unspecified atom stereocenters. The van der Waals surface area contributed by atoms with Crippen molar-refractivity contribution in [2.75, 3.05) is 13.2 Å². The van der Waals surface area contributed by atoms with Gasteiger partial charge in [0.2, 0.25) is 0 Å². The van der Waals surface area contributed by atoms with Crippen LogP contribution in [0.3, 0.4) is 0 Å². The van der Waals surface area contributed by atoms with Crippen molar-refractivity contribution < 1.29 is 9.84 Å². The lowest BCUT2D eigenvalue weighted by Gasteiger charge is -2.13. The van der Waals surface area contributed by atoms with Gasteiger partial charge in [-0.25, -0.2) is 4.98 Å². The smallest absolute Gasteiger partial charge is 0.123 e. The number of rotatable bonds is 7. The molecule has 0 spiro atoms. The summed E-state index contributed by atoms with van der Waals surface area (Å²) in [5, 5.41) is 15.5. The number of aliphatic hydroxyl groups is 1. The van der Waals surface area contributed by atoms with Gasteiger partial charge in [0.25, 0.3) is 0 Å². The molecule has 2 rings (SSSR count). The van der Waals surface area contributed by atoms with E-state index in [0.29, 0.717) is 13.2 Å². The molecule has 1 aromatic carbocycles. The van der Waals surface area contributed by atoms with Gasteiger partial charge in [-0.15, -0.1) is 11.3 Å². The molecule has 0 bridgehead atoms. The predicted molar refractivity (Wildman–Crippen MR) is 90.4 cm³/mol. The quantitative estimate of drug-likeness (QED) is 0.823. The molecule has 4 nitrogen and oxygen atoms in total. The van der Waals surface area contributed by atoms with E-state index in [1.165, 1.54) is 0 Å². The van der Waals surface area contributed by atoms with Crippen molar-refractivity contribution in [1.82, 2.24) is 10.3 Å². The van der Waals surface area contributed by atoms with Gasteiger partial charge in [0.05, 0.1) is 17.3 Å². The van der Waals surface area contributed by atoms with Crippen LogP contribution in [0.15, 0.2) is 29.6 Å². The van der Waals surface area contributed by atoms with Gasteiger partial charge in [-0.3, -0.25) is 0 Å². The van der Waals surface area contributed by atoms with E-state index in [-0.39, 0.29) is 12.0 Å². The van der Waals surface area contributed by atoms with Gasteiger partial charge in [0, 0.05) is 29.4 Å². The number of hydrogen-bond acceptors (Lipinski definition) is 5. The second kappa shape index (κ2) is 7.72. The molecule has 120 valence electrons. The van der Waals surface area contributed by atoms with Crippen LogP contribution < -0.4 is 10.1 Å². The maximum Gasteiger partial charge on any atom is 0.123 e. The maximum atomic E-state index is 8.86. The lowest BCUT2D eigenvalue weighted by molar-refractivity contribution is 0.200. The standard InChI is InChI=1S/C17H24N2O2S/c1-17(2,3)16-19-14(12-22-16)11-18-10-13-6-4-5-7-15(13)21-9-8-20/h4-7,12,18,20H,8-11H2,1-3H3.